The van der Waals surface area contributed by atoms with Crippen LogP contribution in [0.15, 0.2) is 52.3 Å². The van der Waals surface area contributed by atoms with Gasteiger partial charge in [-0.1, -0.05) is 6.07 Å². The summed E-state index contributed by atoms with van der Waals surface area (Å²) >= 11 is 3.38. The molecule has 26 heavy (non-hydrogen) atoms. The molecule has 1 aromatic carbocycles. The summed E-state index contributed by atoms with van der Waals surface area (Å²) in [5.74, 6) is -0.0832. The van der Waals surface area contributed by atoms with Crippen molar-refractivity contribution in [3.05, 3.63) is 52.8 Å². The van der Waals surface area contributed by atoms with Crippen LogP contribution >= 0.6 is 15.9 Å². The van der Waals surface area contributed by atoms with Gasteiger partial charge in [-0.25, -0.2) is 5.43 Å². The number of benzene rings is 1. The fourth-order valence-corrected chi connectivity index (χ4v) is 2.58. The van der Waals surface area contributed by atoms with E-state index in [4.69, 9.17) is 4.74 Å². The van der Waals surface area contributed by atoms with Crippen LogP contribution in [0.25, 0.3) is 0 Å². The van der Waals surface area contributed by atoms with E-state index in [0.29, 0.717) is 17.1 Å². The number of hydrogen-bond donors (Lipinski definition) is 2. The van der Waals surface area contributed by atoms with Crippen molar-refractivity contribution in [3.63, 3.8) is 0 Å². The van der Waals surface area contributed by atoms with Gasteiger partial charge in [0.25, 0.3) is 5.91 Å². The monoisotopic (exact) mass is 418 g/mol. The molecule has 0 aliphatic carbocycles. The first-order valence-corrected chi connectivity index (χ1v) is 8.64. The SMILES string of the molecule is C/C(CC(=O)Nc1cccnc1)=N\NC(=O)COc1ccc(C)cc1Br. The third kappa shape index (κ3) is 6.64. The first-order chi connectivity index (χ1) is 12.4. The van der Waals surface area contributed by atoms with E-state index < -0.39 is 5.91 Å². The topological polar surface area (TPSA) is 92.7 Å². The number of anilines is 1. The normalized spacial score (nSPS) is 11.0. The van der Waals surface area contributed by atoms with Gasteiger partial charge in [0.2, 0.25) is 5.91 Å². The van der Waals surface area contributed by atoms with Crippen LogP contribution in [0.5, 0.6) is 5.75 Å². The number of nitrogens with one attached hydrogen (secondary N) is 2. The molecule has 0 saturated carbocycles. The zero-order valence-electron chi connectivity index (χ0n) is 14.5. The van der Waals surface area contributed by atoms with Crippen LogP contribution in [0.1, 0.15) is 18.9 Å². The highest BCUT2D eigenvalue weighted by atomic mass is 79.9. The predicted molar refractivity (Wildman–Crippen MR) is 103 cm³/mol. The number of aryl methyl sites for hydroxylation is 1. The van der Waals surface area contributed by atoms with Crippen molar-refractivity contribution in [1.29, 1.82) is 0 Å². The van der Waals surface area contributed by atoms with Crippen molar-refractivity contribution in [2.24, 2.45) is 5.10 Å². The zero-order chi connectivity index (χ0) is 18.9. The minimum Gasteiger partial charge on any atom is -0.483 e. The van der Waals surface area contributed by atoms with E-state index >= 15 is 0 Å². The molecule has 0 fully saturated rings. The molecule has 1 aromatic heterocycles. The minimum atomic E-state index is -0.413. The van der Waals surface area contributed by atoms with Gasteiger partial charge in [-0.05, 0) is 59.6 Å². The van der Waals surface area contributed by atoms with Crippen LogP contribution < -0.4 is 15.5 Å². The van der Waals surface area contributed by atoms with Gasteiger partial charge < -0.3 is 10.1 Å². The van der Waals surface area contributed by atoms with Crippen molar-refractivity contribution >= 4 is 39.1 Å². The standard InChI is InChI=1S/C18H19BrN4O3/c1-12-5-6-16(15(19)8-12)26-11-18(25)23-22-13(2)9-17(24)21-14-4-3-7-20-10-14/h3-8,10H,9,11H2,1-2H3,(H,21,24)(H,23,25)/b22-13+. The highest BCUT2D eigenvalue weighted by Gasteiger charge is 2.07. The maximum absolute atomic E-state index is 11.9. The molecule has 8 heteroatoms. The van der Waals surface area contributed by atoms with E-state index in [1.807, 2.05) is 19.1 Å². The van der Waals surface area contributed by atoms with E-state index in [9.17, 15) is 9.59 Å². The summed E-state index contributed by atoms with van der Waals surface area (Å²) in [4.78, 5) is 27.6. The largest absolute Gasteiger partial charge is 0.483 e. The number of aromatic nitrogens is 1. The summed E-state index contributed by atoms with van der Waals surface area (Å²) in [5.41, 5.74) is 4.52. The van der Waals surface area contributed by atoms with Crippen molar-refractivity contribution in [2.75, 3.05) is 11.9 Å². The lowest BCUT2D eigenvalue weighted by molar-refractivity contribution is -0.123. The second-order valence-corrected chi connectivity index (χ2v) is 6.43. The Bertz CT molecular complexity index is 809. The Morgan fingerprint density at radius 2 is 2.08 bits per heavy atom. The van der Waals surface area contributed by atoms with E-state index in [1.54, 1.807) is 37.5 Å². The van der Waals surface area contributed by atoms with Gasteiger partial charge in [0.15, 0.2) is 6.61 Å². The number of hydrogen-bond acceptors (Lipinski definition) is 5. The highest BCUT2D eigenvalue weighted by Crippen LogP contribution is 2.25. The summed E-state index contributed by atoms with van der Waals surface area (Å²) in [5, 5.41) is 6.60. The van der Waals surface area contributed by atoms with Crippen LogP contribution in [-0.2, 0) is 9.59 Å². The number of pyridine rings is 1. The fourth-order valence-electron chi connectivity index (χ4n) is 1.97. The first-order valence-electron chi connectivity index (χ1n) is 7.85. The van der Waals surface area contributed by atoms with Crippen LogP contribution in [0.3, 0.4) is 0 Å². The number of carbonyl (C=O) groups excluding carboxylic acids is 2. The summed E-state index contributed by atoms with van der Waals surface area (Å²) in [6.07, 6.45) is 3.22. The Morgan fingerprint density at radius 1 is 1.27 bits per heavy atom. The highest BCUT2D eigenvalue weighted by molar-refractivity contribution is 9.10. The minimum absolute atomic E-state index is 0.0551. The average molecular weight is 419 g/mol. The van der Waals surface area contributed by atoms with E-state index in [2.05, 4.69) is 36.8 Å². The number of ether oxygens (including phenoxy) is 1. The summed E-state index contributed by atoms with van der Waals surface area (Å²) in [7, 11) is 0. The molecule has 0 spiro atoms. The molecular weight excluding hydrogens is 400 g/mol. The van der Waals surface area contributed by atoms with Gasteiger partial charge in [-0.3, -0.25) is 14.6 Å². The first kappa shape index (κ1) is 19.6. The van der Waals surface area contributed by atoms with Gasteiger partial charge in [0, 0.05) is 11.9 Å². The Labute approximate surface area is 160 Å². The molecule has 0 atom stereocenters. The number of amides is 2. The lowest BCUT2D eigenvalue weighted by Crippen LogP contribution is -2.26. The second-order valence-electron chi connectivity index (χ2n) is 5.57. The molecule has 2 amide bonds. The lowest BCUT2D eigenvalue weighted by atomic mass is 10.2. The zero-order valence-corrected chi connectivity index (χ0v) is 16.0. The van der Waals surface area contributed by atoms with E-state index in [1.165, 1.54) is 0 Å². The number of rotatable bonds is 7. The Kier molecular flexibility index (Phi) is 7.28. The molecule has 2 aromatic rings. The molecular formula is C18H19BrN4O3. The maximum atomic E-state index is 11.9. The van der Waals surface area contributed by atoms with Gasteiger partial charge in [-0.2, -0.15) is 5.10 Å². The molecule has 0 aliphatic heterocycles. The second kappa shape index (κ2) is 9.67. The molecule has 2 N–H and O–H groups in total. The summed E-state index contributed by atoms with van der Waals surface area (Å²) in [6, 6.07) is 9.03. The van der Waals surface area contributed by atoms with Gasteiger partial charge >= 0.3 is 0 Å². The molecule has 0 saturated heterocycles. The molecule has 0 aliphatic rings. The quantitative estimate of drug-likeness (QED) is 0.533. The molecule has 0 radical (unpaired) electrons. The van der Waals surface area contributed by atoms with Gasteiger partial charge in [-0.15, -0.1) is 0 Å². The number of hydrazone groups is 1. The van der Waals surface area contributed by atoms with Gasteiger partial charge in [0.1, 0.15) is 5.75 Å². The predicted octanol–water partition coefficient (Wildman–Crippen LogP) is 3.05. The van der Waals surface area contributed by atoms with Crippen molar-refractivity contribution in [3.8, 4) is 5.75 Å². The molecule has 7 nitrogen and oxygen atoms in total. The van der Waals surface area contributed by atoms with Crippen LogP contribution in [0, 0.1) is 6.92 Å². The van der Waals surface area contributed by atoms with Gasteiger partial charge in [0.05, 0.1) is 22.8 Å². The third-order valence-electron chi connectivity index (χ3n) is 3.18. The maximum Gasteiger partial charge on any atom is 0.277 e. The van der Waals surface area contributed by atoms with Crippen molar-refractivity contribution in [1.82, 2.24) is 10.4 Å². The number of halogens is 1. The fraction of sp³-hybridized carbons (Fsp3) is 0.222. The van der Waals surface area contributed by atoms with Crippen molar-refractivity contribution < 1.29 is 14.3 Å². The summed E-state index contributed by atoms with van der Waals surface area (Å²) < 4.78 is 6.21. The van der Waals surface area contributed by atoms with Crippen LogP contribution in [-0.4, -0.2) is 29.1 Å². The Balaban J connectivity index is 1.76. The van der Waals surface area contributed by atoms with E-state index in [-0.39, 0.29) is 18.9 Å². The smallest absolute Gasteiger partial charge is 0.277 e. The summed E-state index contributed by atoms with van der Waals surface area (Å²) in [6.45, 7) is 3.43. The third-order valence-corrected chi connectivity index (χ3v) is 3.80. The molecule has 2 rings (SSSR count). The molecule has 1 heterocycles. The lowest BCUT2D eigenvalue weighted by Gasteiger charge is -2.08. The number of nitrogens with zero attached hydrogens (tertiary/aromatic N) is 2. The molecule has 0 unspecified atom stereocenters. The van der Waals surface area contributed by atoms with E-state index in [0.717, 1.165) is 10.0 Å². The van der Waals surface area contributed by atoms with Crippen LogP contribution in [0.2, 0.25) is 0 Å². The number of carbonyl (C=O) groups is 2. The Hall–Kier alpha value is -2.74. The Morgan fingerprint density at radius 3 is 2.77 bits per heavy atom. The van der Waals surface area contributed by atoms with Crippen LogP contribution in [0.4, 0.5) is 5.69 Å². The molecule has 0 bridgehead atoms. The average Bonchev–Trinajstić information content (AvgIpc) is 2.60. The molecule has 136 valence electrons. The van der Waals surface area contributed by atoms with Crippen molar-refractivity contribution in [2.45, 2.75) is 20.3 Å².